The lowest BCUT2D eigenvalue weighted by Gasteiger charge is -2.36. The summed E-state index contributed by atoms with van der Waals surface area (Å²) >= 11 is 0. The van der Waals surface area contributed by atoms with E-state index in [1.54, 1.807) is 22.8 Å². The third kappa shape index (κ3) is 4.26. The van der Waals surface area contributed by atoms with Gasteiger partial charge in [0.1, 0.15) is 12.4 Å². The summed E-state index contributed by atoms with van der Waals surface area (Å²) in [5.41, 5.74) is 6.61. The van der Waals surface area contributed by atoms with Crippen LogP contribution in [0.2, 0.25) is 0 Å². The van der Waals surface area contributed by atoms with Crippen molar-refractivity contribution in [1.82, 2.24) is 9.13 Å². The molecule has 160 valence electrons. The van der Waals surface area contributed by atoms with Gasteiger partial charge in [0.15, 0.2) is 0 Å². The number of fused-ring (bicyclic) bond motifs is 1. The first-order valence-corrected chi connectivity index (χ1v) is 10.6. The molecule has 29 heavy (non-hydrogen) atoms. The zero-order valence-corrected chi connectivity index (χ0v) is 17.6. The van der Waals surface area contributed by atoms with Crippen molar-refractivity contribution in [3.05, 3.63) is 28.7 Å². The standard InChI is InChI=1S/C22H33N3O4/c1-14(2)17-6-4-15(3)12-18(17)21(27)25-19-7-5-16(29-11-10-26)13-20(19)24(9-8-23)22(25)28/h5,7,13-15,17-18,26H,4,6,8-12,23H2,1-3H3/t15?,17-,18?/m0/s1. The maximum absolute atomic E-state index is 13.6. The number of nitrogens with two attached hydrogens (primary N) is 1. The van der Waals surface area contributed by atoms with Gasteiger partial charge in [0.2, 0.25) is 5.91 Å². The monoisotopic (exact) mass is 403 g/mol. The van der Waals surface area contributed by atoms with E-state index in [1.807, 2.05) is 0 Å². The lowest BCUT2D eigenvalue weighted by Crippen LogP contribution is -2.40. The summed E-state index contributed by atoms with van der Waals surface area (Å²) < 4.78 is 8.39. The van der Waals surface area contributed by atoms with Gasteiger partial charge in [-0.1, -0.05) is 27.2 Å². The van der Waals surface area contributed by atoms with E-state index in [0.29, 0.717) is 41.7 Å². The maximum Gasteiger partial charge on any atom is 0.336 e. The van der Waals surface area contributed by atoms with Crippen LogP contribution in [0.4, 0.5) is 0 Å². The number of carbonyl (C=O) groups is 1. The molecule has 0 saturated heterocycles. The van der Waals surface area contributed by atoms with Crippen LogP contribution in [-0.2, 0) is 6.54 Å². The number of imidazole rings is 1. The molecule has 7 nitrogen and oxygen atoms in total. The number of aromatic nitrogens is 2. The van der Waals surface area contributed by atoms with E-state index in [4.69, 9.17) is 15.6 Å². The average molecular weight is 404 g/mol. The SMILES string of the molecule is CC1CC[C@@H](C(C)C)C(C(=O)n2c(=O)n(CCN)c3cc(OCCO)ccc32)C1. The highest BCUT2D eigenvalue weighted by atomic mass is 16.5. The number of nitrogens with zero attached hydrogens (tertiary/aromatic N) is 2. The highest BCUT2D eigenvalue weighted by Crippen LogP contribution is 2.39. The fraction of sp³-hybridized carbons (Fsp3) is 0.636. The third-order valence-corrected chi connectivity index (χ3v) is 6.17. The second-order valence-corrected chi connectivity index (χ2v) is 8.55. The first-order chi connectivity index (χ1) is 13.9. The lowest BCUT2D eigenvalue weighted by atomic mass is 9.69. The van der Waals surface area contributed by atoms with Gasteiger partial charge in [-0.15, -0.1) is 0 Å². The molecule has 2 unspecified atom stereocenters. The lowest BCUT2D eigenvalue weighted by molar-refractivity contribution is 0.0633. The summed E-state index contributed by atoms with van der Waals surface area (Å²) in [5, 5.41) is 8.99. The molecule has 1 heterocycles. The predicted octanol–water partition coefficient (Wildman–Crippen LogP) is 2.48. The van der Waals surface area contributed by atoms with Crippen molar-refractivity contribution < 1.29 is 14.6 Å². The molecule has 2 aromatic rings. The zero-order valence-electron chi connectivity index (χ0n) is 17.6. The van der Waals surface area contributed by atoms with Gasteiger partial charge >= 0.3 is 5.69 Å². The number of hydrogen-bond donors (Lipinski definition) is 2. The Morgan fingerprint density at radius 2 is 2.07 bits per heavy atom. The Morgan fingerprint density at radius 3 is 2.72 bits per heavy atom. The molecular weight excluding hydrogens is 370 g/mol. The smallest absolute Gasteiger partial charge is 0.336 e. The van der Waals surface area contributed by atoms with Crippen LogP contribution in [0, 0.1) is 23.7 Å². The minimum Gasteiger partial charge on any atom is -0.491 e. The molecule has 0 bridgehead atoms. The molecule has 1 aliphatic carbocycles. The molecule has 3 rings (SSSR count). The summed E-state index contributed by atoms with van der Waals surface area (Å²) in [4.78, 5) is 26.8. The van der Waals surface area contributed by atoms with Gasteiger partial charge in [-0.25, -0.2) is 9.36 Å². The maximum atomic E-state index is 13.6. The van der Waals surface area contributed by atoms with Gasteiger partial charge in [0.05, 0.1) is 17.6 Å². The molecule has 1 aliphatic rings. The number of ether oxygens (including phenoxy) is 1. The molecule has 1 saturated carbocycles. The van der Waals surface area contributed by atoms with Crippen molar-refractivity contribution >= 4 is 16.9 Å². The van der Waals surface area contributed by atoms with E-state index in [9.17, 15) is 9.59 Å². The quantitative estimate of drug-likeness (QED) is 0.740. The van der Waals surface area contributed by atoms with Gasteiger partial charge < -0.3 is 15.6 Å². The Kier molecular flexibility index (Phi) is 6.80. The minimum atomic E-state index is -0.338. The Morgan fingerprint density at radius 1 is 1.31 bits per heavy atom. The van der Waals surface area contributed by atoms with Crippen LogP contribution < -0.4 is 16.2 Å². The molecule has 3 N–H and O–H groups in total. The molecule has 0 amide bonds. The van der Waals surface area contributed by atoms with Crippen molar-refractivity contribution in [2.24, 2.45) is 29.4 Å². The molecule has 1 aromatic heterocycles. The first kappa shape index (κ1) is 21.6. The number of aliphatic hydroxyl groups is 1. The summed E-state index contributed by atoms with van der Waals surface area (Å²) in [5.74, 6) is 1.44. The molecule has 0 radical (unpaired) electrons. The number of carbonyl (C=O) groups excluding carboxylic acids is 1. The minimum absolute atomic E-state index is 0.0937. The van der Waals surface area contributed by atoms with Crippen molar-refractivity contribution in [3.8, 4) is 5.75 Å². The number of benzene rings is 1. The highest BCUT2D eigenvalue weighted by molar-refractivity contribution is 5.92. The van der Waals surface area contributed by atoms with Crippen LogP contribution in [0.15, 0.2) is 23.0 Å². The first-order valence-electron chi connectivity index (χ1n) is 10.6. The summed E-state index contributed by atoms with van der Waals surface area (Å²) in [6.45, 7) is 7.20. The topological polar surface area (TPSA) is 99.5 Å². The molecule has 3 atom stereocenters. The van der Waals surface area contributed by atoms with Crippen molar-refractivity contribution in [2.75, 3.05) is 19.8 Å². The molecule has 1 fully saturated rings. The second kappa shape index (κ2) is 9.13. The van der Waals surface area contributed by atoms with Crippen LogP contribution in [0.5, 0.6) is 5.75 Å². The van der Waals surface area contributed by atoms with E-state index in [2.05, 4.69) is 20.8 Å². The van der Waals surface area contributed by atoms with Gasteiger partial charge in [0, 0.05) is 25.1 Å². The normalized spacial score (nSPS) is 22.3. The van der Waals surface area contributed by atoms with E-state index in [-0.39, 0.29) is 36.6 Å². The summed E-state index contributed by atoms with van der Waals surface area (Å²) in [6.07, 6.45) is 2.96. The highest BCUT2D eigenvalue weighted by Gasteiger charge is 2.37. The van der Waals surface area contributed by atoms with E-state index < -0.39 is 0 Å². The van der Waals surface area contributed by atoms with Crippen LogP contribution >= 0.6 is 0 Å². The van der Waals surface area contributed by atoms with Crippen molar-refractivity contribution in [1.29, 1.82) is 0 Å². The molecular formula is C22H33N3O4. The summed E-state index contributed by atoms with van der Waals surface area (Å²) in [7, 11) is 0. The van der Waals surface area contributed by atoms with Crippen molar-refractivity contribution in [2.45, 2.75) is 46.6 Å². The van der Waals surface area contributed by atoms with Gasteiger partial charge in [0.25, 0.3) is 0 Å². The van der Waals surface area contributed by atoms with E-state index >= 15 is 0 Å². The van der Waals surface area contributed by atoms with E-state index in [1.165, 1.54) is 4.57 Å². The van der Waals surface area contributed by atoms with Crippen LogP contribution in [0.25, 0.3) is 11.0 Å². The predicted molar refractivity (Wildman–Crippen MR) is 113 cm³/mol. The third-order valence-electron chi connectivity index (χ3n) is 6.17. The number of rotatable bonds is 7. The number of aliphatic hydroxyl groups excluding tert-OH is 1. The Hall–Kier alpha value is -2.12. The van der Waals surface area contributed by atoms with Crippen LogP contribution in [0.1, 0.15) is 44.8 Å². The van der Waals surface area contributed by atoms with Gasteiger partial charge in [-0.3, -0.25) is 9.36 Å². The Labute approximate surface area is 171 Å². The molecule has 0 aliphatic heterocycles. The summed E-state index contributed by atoms with van der Waals surface area (Å²) in [6, 6.07) is 5.23. The Balaban J connectivity index is 2.09. The van der Waals surface area contributed by atoms with E-state index in [0.717, 1.165) is 19.3 Å². The van der Waals surface area contributed by atoms with Crippen LogP contribution in [-0.4, -0.2) is 39.9 Å². The van der Waals surface area contributed by atoms with Gasteiger partial charge in [-0.2, -0.15) is 0 Å². The van der Waals surface area contributed by atoms with Crippen LogP contribution in [0.3, 0.4) is 0 Å². The second-order valence-electron chi connectivity index (χ2n) is 8.55. The zero-order chi connectivity index (χ0) is 21.1. The number of hydrogen-bond acceptors (Lipinski definition) is 5. The Bertz CT molecular complexity index is 915. The molecule has 0 spiro atoms. The molecule has 7 heteroatoms. The van der Waals surface area contributed by atoms with Crippen molar-refractivity contribution in [3.63, 3.8) is 0 Å². The fourth-order valence-corrected chi connectivity index (χ4v) is 4.70. The fourth-order valence-electron chi connectivity index (χ4n) is 4.70. The molecule has 1 aromatic carbocycles. The average Bonchev–Trinajstić information content (AvgIpc) is 2.97. The largest absolute Gasteiger partial charge is 0.491 e. The van der Waals surface area contributed by atoms with Gasteiger partial charge in [-0.05, 0) is 42.7 Å².